The Morgan fingerprint density at radius 3 is 2.83 bits per heavy atom. The van der Waals surface area contributed by atoms with Crippen LogP contribution >= 0.6 is 0 Å². The van der Waals surface area contributed by atoms with Gasteiger partial charge in [-0.3, -0.25) is 0 Å². The van der Waals surface area contributed by atoms with E-state index in [1.165, 1.54) is 0 Å². The number of rotatable bonds is 4. The van der Waals surface area contributed by atoms with Crippen molar-refractivity contribution in [1.82, 2.24) is 10.6 Å². The van der Waals surface area contributed by atoms with E-state index < -0.39 is 5.67 Å². The summed E-state index contributed by atoms with van der Waals surface area (Å²) in [5.41, 5.74) is -0.991. The molecule has 1 saturated heterocycles. The molecule has 12 heavy (non-hydrogen) atoms. The molecule has 0 aliphatic carbocycles. The van der Waals surface area contributed by atoms with Crippen LogP contribution in [0.2, 0.25) is 0 Å². The molecule has 1 unspecified atom stereocenters. The maximum absolute atomic E-state index is 13.6. The van der Waals surface area contributed by atoms with Crippen LogP contribution in [-0.4, -0.2) is 31.8 Å². The molecule has 3 heteroatoms. The zero-order chi connectivity index (χ0) is 9.03. The molecule has 1 aliphatic rings. The third-order valence-corrected chi connectivity index (χ3v) is 2.19. The Labute approximate surface area is 73.9 Å². The van der Waals surface area contributed by atoms with Crippen LogP contribution in [0.3, 0.4) is 0 Å². The molecule has 0 aromatic rings. The van der Waals surface area contributed by atoms with Gasteiger partial charge >= 0.3 is 0 Å². The van der Waals surface area contributed by atoms with Gasteiger partial charge in [-0.2, -0.15) is 0 Å². The quantitative estimate of drug-likeness (QED) is 0.662. The van der Waals surface area contributed by atoms with Gasteiger partial charge in [-0.1, -0.05) is 13.8 Å². The summed E-state index contributed by atoms with van der Waals surface area (Å²) in [6.45, 7) is 7.00. The third kappa shape index (κ3) is 3.07. The largest absolute Gasteiger partial charge is 0.313 e. The Hall–Kier alpha value is -0.150. The minimum absolute atomic E-state index is 0.498. The normalized spacial score (nSPS) is 30.0. The van der Waals surface area contributed by atoms with Gasteiger partial charge in [-0.25, -0.2) is 4.39 Å². The van der Waals surface area contributed by atoms with E-state index in [4.69, 9.17) is 0 Å². The minimum atomic E-state index is -0.991. The molecular formula is C9H19FN2. The van der Waals surface area contributed by atoms with Crippen LogP contribution in [0.4, 0.5) is 4.39 Å². The van der Waals surface area contributed by atoms with Crippen molar-refractivity contribution in [2.24, 2.45) is 5.92 Å². The van der Waals surface area contributed by atoms with Crippen LogP contribution in [0.1, 0.15) is 20.3 Å². The van der Waals surface area contributed by atoms with Crippen molar-refractivity contribution >= 4 is 0 Å². The van der Waals surface area contributed by atoms with Gasteiger partial charge < -0.3 is 10.6 Å². The summed E-state index contributed by atoms with van der Waals surface area (Å²) in [6.07, 6.45) is 0.651. The lowest BCUT2D eigenvalue weighted by Crippen LogP contribution is -2.39. The van der Waals surface area contributed by atoms with E-state index in [9.17, 15) is 4.39 Å². The van der Waals surface area contributed by atoms with Gasteiger partial charge in [0.1, 0.15) is 5.67 Å². The molecule has 72 valence electrons. The highest BCUT2D eigenvalue weighted by Crippen LogP contribution is 2.18. The lowest BCUT2D eigenvalue weighted by atomic mass is 10.1. The average molecular weight is 174 g/mol. The van der Waals surface area contributed by atoms with Crippen molar-refractivity contribution in [2.45, 2.75) is 25.9 Å². The maximum atomic E-state index is 13.6. The van der Waals surface area contributed by atoms with Gasteiger partial charge in [0, 0.05) is 13.1 Å². The van der Waals surface area contributed by atoms with E-state index in [0.29, 0.717) is 25.4 Å². The van der Waals surface area contributed by atoms with E-state index in [1.807, 2.05) is 0 Å². The summed E-state index contributed by atoms with van der Waals surface area (Å²) >= 11 is 0. The Morgan fingerprint density at radius 2 is 2.33 bits per heavy atom. The summed E-state index contributed by atoms with van der Waals surface area (Å²) in [5, 5.41) is 6.19. The molecule has 0 spiro atoms. The van der Waals surface area contributed by atoms with Crippen molar-refractivity contribution in [3.63, 3.8) is 0 Å². The standard InChI is InChI=1S/C9H19FN2/c1-8(2)5-12-7-9(10)3-4-11-6-9/h8,11-12H,3-7H2,1-2H3. The second-order valence-corrected chi connectivity index (χ2v) is 4.10. The van der Waals surface area contributed by atoms with Crippen molar-refractivity contribution in [2.75, 3.05) is 26.2 Å². The van der Waals surface area contributed by atoms with Gasteiger partial charge in [-0.15, -0.1) is 0 Å². The van der Waals surface area contributed by atoms with Crippen LogP contribution in [0.5, 0.6) is 0 Å². The lowest BCUT2D eigenvalue weighted by Gasteiger charge is -2.19. The SMILES string of the molecule is CC(C)CNCC1(F)CCNC1. The maximum Gasteiger partial charge on any atom is 0.136 e. The molecule has 2 nitrogen and oxygen atoms in total. The molecule has 1 heterocycles. The van der Waals surface area contributed by atoms with Crippen molar-refractivity contribution in [1.29, 1.82) is 0 Å². The summed E-state index contributed by atoms with van der Waals surface area (Å²) in [4.78, 5) is 0. The Bertz CT molecular complexity index is 130. The molecule has 2 N–H and O–H groups in total. The average Bonchev–Trinajstić information content (AvgIpc) is 2.35. The molecule has 1 fully saturated rings. The third-order valence-electron chi connectivity index (χ3n) is 2.19. The van der Waals surface area contributed by atoms with E-state index in [1.54, 1.807) is 0 Å². The molecule has 1 aliphatic heterocycles. The molecule has 0 bridgehead atoms. The van der Waals surface area contributed by atoms with Crippen molar-refractivity contribution < 1.29 is 4.39 Å². The smallest absolute Gasteiger partial charge is 0.136 e. The number of hydrogen-bond donors (Lipinski definition) is 2. The predicted octanol–water partition coefficient (Wildman–Crippen LogP) is 0.934. The molecular weight excluding hydrogens is 155 g/mol. The second-order valence-electron chi connectivity index (χ2n) is 4.10. The molecule has 0 saturated carbocycles. The number of alkyl halides is 1. The molecule has 0 aromatic heterocycles. The van der Waals surface area contributed by atoms with Crippen LogP contribution in [-0.2, 0) is 0 Å². The first-order valence-corrected chi connectivity index (χ1v) is 4.73. The first kappa shape index (κ1) is 9.93. The molecule has 1 atom stereocenters. The van der Waals surface area contributed by atoms with Gasteiger partial charge in [-0.05, 0) is 25.4 Å². The first-order chi connectivity index (χ1) is 5.62. The fourth-order valence-electron chi connectivity index (χ4n) is 1.45. The second kappa shape index (κ2) is 4.19. The van der Waals surface area contributed by atoms with Crippen LogP contribution in [0.15, 0.2) is 0 Å². The zero-order valence-electron chi connectivity index (χ0n) is 7.99. The molecule has 0 radical (unpaired) electrons. The van der Waals surface area contributed by atoms with Crippen LogP contribution < -0.4 is 10.6 Å². The van der Waals surface area contributed by atoms with Gasteiger partial charge in [0.15, 0.2) is 0 Å². The monoisotopic (exact) mass is 174 g/mol. The number of halogens is 1. The number of nitrogens with one attached hydrogen (secondary N) is 2. The Balaban J connectivity index is 2.13. The topological polar surface area (TPSA) is 24.1 Å². The van der Waals surface area contributed by atoms with E-state index >= 15 is 0 Å². The highest BCUT2D eigenvalue weighted by Gasteiger charge is 2.32. The number of hydrogen-bond acceptors (Lipinski definition) is 2. The Kier molecular flexibility index (Phi) is 3.47. The predicted molar refractivity (Wildman–Crippen MR) is 49.0 cm³/mol. The summed E-state index contributed by atoms with van der Waals surface area (Å²) in [7, 11) is 0. The highest BCUT2D eigenvalue weighted by atomic mass is 19.1. The van der Waals surface area contributed by atoms with Crippen molar-refractivity contribution in [3.05, 3.63) is 0 Å². The van der Waals surface area contributed by atoms with E-state index in [2.05, 4.69) is 24.5 Å². The fourth-order valence-corrected chi connectivity index (χ4v) is 1.45. The summed E-state index contributed by atoms with van der Waals surface area (Å²) < 4.78 is 13.6. The van der Waals surface area contributed by atoms with Crippen molar-refractivity contribution in [3.8, 4) is 0 Å². The van der Waals surface area contributed by atoms with E-state index in [0.717, 1.165) is 13.1 Å². The van der Waals surface area contributed by atoms with Crippen LogP contribution in [0, 0.1) is 5.92 Å². The fraction of sp³-hybridized carbons (Fsp3) is 1.00. The summed E-state index contributed by atoms with van der Waals surface area (Å²) in [5.74, 6) is 0.600. The molecule has 1 rings (SSSR count). The summed E-state index contributed by atoms with van der Waals surface area (Å²) in [6, 6.07) is 0. The van der Waals surface area contributed by atoms with Gasteiger partial charge in [0.2, 0.25) is 0 Å². The van der Waals surface area contributed by atoms with Crippen LogP contribution in [0.25, 0.3) is 0 Å². The lowest BCUT2D eigenvalue weighted by molar-refractivity contribution is 0.183. The first-order valence-electron chi connectivity index (χ1n) is 4.73. The highest BCUT2D eigenvalue weighted by molar-refractivity contribution is 4.90. The van der Waals surface area contributed by atoms with Gasteiger partial charge in [0.25, 0.3) is 0 Å². The Morgan fingerprint density at radius 1 is 1.58 bits per heavy atom. The molecule has 0 aromatic carbocycles. The zero-order valence-corrected chi connectivity index (χ0v) is 7.99. The minimum Gasteiger partial charge on any atom is -0.313 e. The van der Waals surface area contributed by atoms with Gasteiger partial charge in [0.05, 0.1) is 0 Å². The molecule has 0 amide bonds. The van der Waals surface area contributed by atoms with E-state index in [-0.39, 0.29) is 0 Å².